The lowest BCUT2D eigenvalue weighted by Crippen LogP contribution is -2.24. The summed E-state index contributed by atoms with van der Waals surface area (Å²) in [6, 6.07) is 0. The number of carbonyl (C=O) groups excluding carboxylic acids is 1. The van der Waals surface area contributed by atoms with Crippen molar-refractivity contribution in [1.82, 2.24) is 10.2 Å². The highest BCUT2D eigenvalue weighted by Gasteiger charge is 2.18. The molecule has 1 rings (SSSR count). The van der Waals surface area contributed by atoms with E-state index in [9.17, 15) is 9.90 Å². The average molecular weight is 186 g/mol. The number of β-amino-alcohol motifs (C(OH)–C–C–N with tert-alkyl or cyclic N) is 1. The molecule has 0 saturated carbocycles. The summed E-state index contributed by atoms with van der Waals surface area (Å²) < 4.78 is 0. The second-order valence-electron chi connectivity index (χ2n) is 3.52. The number of aliphatic hydroxyl groups excluding tert-OH is 1. The minimum atomic E-state index is -0.117. The van der Waals surface area contributed by atoms with Gasteiger partial charge in [0.2, 0.25) is 6.41 Å². The van der Waals surface area contributed by atoms with Gasteiger partial charge in [-0.05, 0) is 25.8 Å². The van der Waals surface area contributed by atoms with Crippen LogP contribution in [0.4, 0.5) is 0 Å². The molecule has 4 heteroatoms. The van der Waals surface area contributed by atoms with E-state index in [0.717, 1.165) is 51.9 Å². The van der Waals surface area contributed by atoms with E-state index in [4.69, 9.17) is 0 Å². The standard InChI is InChI=1S/C9H18N2O2/c12-8-10-4-1-2-5-11-6-3-9(13)7-11/h8-9,13H,1-7H2,(H,10,12). The predicted molar refractivity (Wildman–Crippen MR) is 50.4 cm³/mol. The van der Waals surface area contributed by atoms with Gasteiger partial charge < -0.3 is 15.3 Å². The Labute approximate surface area is 78.9 Å². The molecule has 1 aliphatic heterocycles. The van der Waals surface area contributed by atoms with Crippen molar-refractivity contribution in [3.8, 4) is 0 Å². The molecule has 0 aliphatic carbocycles. The van der Waals surface area contributed by atoms with Gasteiger partial charge in [0, 0.05) is 19.6 Å². The Bertz CT molecular complexity index is 153. The molecule has 2 N–H and O–H groups in total. The zero-order chi connectivity index (χ0) is 9.52. The minimum Gasteiger partial charge on any atom is -0.392 e. The van der Waals surface area contributed by atoms with Gasteiger partial charge in [-0.2, -0.15) is 0 Å². The Morgan fingerprint density at radius 2 is 2.38 bits per heavy atom. The highest BCUT2D eigenvalue weighted by molar-refractivity contribution is 5.45. The van der Waals surface area contributed by atoms with E-state index in [-0.39, 0.29) is 6.10 Å². The third-order valence-corrected chi connectivity index (χ3v) is 2.38. The van der Waals surface area contributed by atoms with Crippen molar-refractivity contribution < 1.29 is 9.90 Å². The van der Waals surface area contributed by atoms with E-state index in [1.807, 2.05) is 0 Å². The average Bonchev–Trinajstić information content (AvgIpc) is 2.51. The molecule has 1 saturated heterocycles. The number of aliphatic hydroxyl groups is 1. The molecule has 0 aromatic rings. The second-order valence-corrected chi connectivity index (χ2v) is 3.52. The molecule has 1 aliphatic rings. The number of unbranched alkanes of at least 4 members (excludes halogenated alkanes) is 1. The van der Waals surface area contributed by atoms with E-state index in [1.54, 1.807) is 0 Å². The van der Waals surface area contributed by atoms with Gasteiger partial charge in [0.05, 0.1) is 6.10 Å². The van der Waals surface area contributed by atoms with Crippen molar-refractivity contribution >= 4 is 6.41 Å². The van der Waals surface area contributed by atoms with Crippen LogP contribution in [0.2, 0.25) is 0 Å². The zero-order valence-corrected chi connectivity index (χ0v) is 7.91. The molecule has 0 bridgehead atoms. The van der Waals surface area contributed by atoms with Gasteiger partial charge in [0.25, 0.3) is 0 Å². The van der Waals surface area contributed by atoms with Crippen LogP contribution in [0.1, 0.15) is 19.3 Å². The van der Waals surface area contributed by atoms with Crippen LogP contribution in [0.5, 0.6) is 0 Å². The molecule has 1 atom stereocenters. The predicted octanol–water partition coefficient (Wildman–Crippen LogP) is -0.421. The van der Waals surface area contributed by atoms with E-state index in [1.165, 1.54) is 0 Å². The Hall–Kier alpha value is -0.610. The first kappa shape index (κ1) is 10.5. The molecule has 1 unspecified atom stereocenters. The fourth-order valence-electron chi connectivity index (χ4n) is 1.64. The molecule has 13 heavy (non-hydrogen) atoms. The van der Waals surface area contributed by atoms with Crippen LogP contribution in [0, 0.1) is 0 Å². The minimum absolute atomic E-state index is 0.117. The first-order chi connectivity index (χ1) is 6.33. The van der Waals surface area contributed by atoms with E-state index < -0.39 is 0 Å². The van der Waals surface area contributed by atoms with Gasteiger partial charge in [0.1, 0.15) is 0 Å². The lowest BCUT2D eigenvalue weighted by molar-refractivity contribution is -0.109. The van der Waals surface area contributed by atoms with Crippen molar-refractivity contribution in [2.24, 2.45) is 0 Å². The summed E-state index contributed by atoms with van der Waals surface area (Å²) in [5, 5.41) is 11.9. The largest absolute Gasteiger partial charge is 0.392 e. The monoisotopic (exact) mass is 186 g/mol. The number of rotatable bonds is 6. The van der Waals surface area contributed by atoms with Crippen molar-refractivity contribution in [3.05, 3.63) is 0 Å². The van der Waals surface area contributed by atoms with E-state index >= 15 is 0 Å². The third kappa shape index (κ3) is 4.24. The number of hydrogen-bond acceptors (Lipinski definition) is 3. The topological polar surface area (TPSA) is 52.6 Å². The zero-order valence-electron chi connectivity index (χ0n) is 7.91. The lowest BCUT2D eigenvalue weighted by atomic mass is 10.3. The summed E-state index contributed by atoms with van der Waals surface area (Å²) in [4.78, 5) is 12.2. The van der Waals surface area contributed by atoms with Gasteiger partial charge in [-0.25, -0.2) is 0 Å². The first-order valence-corrected chi connectivity index (χ1v) is 4.90. The van der Waals surface area contributed by atoms with Gasteiger partial charge in [0.15, 0.2) is 0 Å². The number of likely N-dealkylation sites (tertiary alicyclic amines) is 1. The normalized spacial score (nSPS) is 23.3. The Balaban J connectivity index is 1.91. The Morgan fingerprint density at radius 1 is 1.54 bits per heavy atom. The van der Waals surface area contributed by atoms with E-state index in [2.05, 4.69) is 10.2 Å². The van der Waals surface area contributed by atoms with Crippen LogP contribution in [0.25, 0.3) is 0 Å². The van der Waals surface area contributed by atoms with Crippen molar-refractivity contribution in [1.29, 1.82) is 0 Å². The van der Waals surface area contributed by atoms with Crippen molar-refractivity contribution in [3.63, 3.8) is 0 Å². The summed E-state index contributed by atoms with van der Waals surface area (Å²) in [5.41, 5.74) is 0. The fraction of sp³-hybridized carbons (Fsp3) is 0.889. The summed E-state index contributed by atoms with van der Waals surface area (Å²) in [6.07, 6.45) is 3.64. The molecule has 0 aromatic heterocycles. The number of nitrogens with zero attached hydrogens (tertiary/aromatic N) is 1. The lowest BCUT2D eigenvalue weighted by Gasteiger charge is -2.13. The maximum atomic E-state index is 9.91. The molecule has 76 valence electrons. The Kier molecular flexibility index (Phi) is 4.78. The van der Waals surface area contributed by atoms with Crippen LogP contribution < -0.4 is 5.32 Å². The smallest absolute Gasteiger partial charge is 0.207 e. The van der Waals surface area contributed by atoms with Crippen LogP contribution >= 0.6 is 0 Å². The third-order valence-electron chi connectivity index (χ3n) is 2.38. The van der Waals surface area contributed by atoms with Gasteiger partial charge >= 0.3 is 0 Å². The molecule has 0 radical (unpaired) electrons. The summed E-state index contributed by atoms with van der Waals surface area (Å²) in [7, 11) is 0. The van der Waals surface area contributed by atoms with E-state index in [0.29, 0.717) is 0 Å². The van der Waals surface area contributed by atoms with Crippen LogP contribution in [0.15, 0.2) is 0 Å². The molecule has 1 amide bonds. The molecule has 1 fully saturated rings. The maximum Gasteiger partial charge on any atom is 0.207 e. The SMILES string of the molecule is O=CNCCCCN1CCC(O)C1. The van der Waals surface area contributed by atoms with Crippen LogP contribution in [-0.4, -0.2) is 48.7 Å². The second kappa shape index (κ2) is 5.94. The Morgan fingerprint density at radius 3 is 3.00 bits per heavy atom. The summed E-state index contributed by atoms with van der Waals surface area (Å²) in [6.45, 7) is 3.64. The van der Waals surface area contributed by atoms with Crippen LogP contribution in [-0.2, 0) is 4.79 Å². The number of hydrogen-bond donors (Lipinski definition) is 2. The molecular formula is C9H18N2O2. The quantitative estimate of drug-likeness (QED) is 0.437. The maximum absolute atomic E-state index is 9.91. The molecule has 0 spiro atoms. The highest BCUT2D eigenvalue weighted by Crippen LogP contribution is 2.08. The van der Waals surface area contributed by atoms with Crippen molar-refractivity contribution in [2.45, 2.75) is 25.4 Å². The fourth-order valence-corrected chi connectivity index (χ4v) is 1.64. The molecule has 4 nitrogen and oxygen atoms in total. The number of carbonyl (C=O) groups is 1. The van der Waals surface area contributed by atoms with Gasteiger partial charge in [-0.3, -0.25) is 4.79 Å². The molecular weight excluding hydrogens is 168 g/mol. The molecule has 1 heterocycles. The highest BCUT2D eigenvalue weighted by atomic mass is 16.3. The van der Waals surface area contributed by atoms with Crippen LogP contribution in [0.3, 0.4) is 0 Å². The first-order valence-electron chi connectivity index (χ1n) is 4.90. The molecule has 0 aromatic carbocycles. The number of amides is 1. The summed E-state index contributed by atoms with van der Waals surface area (Å²) in [5.74, 6) is 0. The van der Waals surface area contributed by atoms with Gasteiger partial charge in [-0.15, -0.1) is 0 Å². The number of nitrogens with one attached hydrogen (secondary N) is 1. The summed E-state index contributed by atoms with van der Waals surface area (Å²) >= 11 is 0. The van der Waals surface area contributed by atoms with Crippen molar-refractivity contribution in [2.75, 3.05) is 26.2 Å². The van der Waals surface area contributed by atoms with Gasteiger partial charge in [-0.1, -0.05) is 0 Å².